The van der Waals surface area contributed by atoms with Gasteiger partial charge in [-0.15, -0.1) is 0 Å². The Bertz CT molecular complexity index is 1020. The Kier molecular flexibility index (Phi) is 3.79. The van der Waals surface area contributed by atoms with Gasteiger partial charge in [-0.1, -0.05) is 18.2 Å². The van der Waals surface area contributed by atoms with Gasteiger partial charge >= 0.3 is 0 Å². The Morgan fingerprint density at radius 1 is 1.11 bits per heavy atom. The number of amides is 1. The van der Waals surface area contributed by atoms with E-state index in [4.69, 9.17) is 9.84 Å². The second kappa shape index (κ2) is 6.23. The van der Waals surface area contributed by atoms with Crippen LogP contribution in [0, 0.1) is 5.92 Å². The average molecular weight is 373 g/mol. The molecule has 1 amide bonds. The topological polar surface area (TPSA) is 47.4 Å². The smallest absolute Gasteiger partial charge is 0.274 e. The minimum absolute atomic E-state index is 0.0125. The number of ether oxygens (including phenoxy) is 1. The zero-order valence-corrected chi connectivity index (χ0v) is 16.1. The van der Waals surface area contributed by atoms with E-state index >= 15 is 0 Å². The van der Waals surface area contributed by atoms with Crippen LogP contribution in [0.1, 0.15) is 30.3 Å². The van der Waals surface area contributed by atoms with Crippen LogP contribution in [0.4, 0.5) is 0 Å². The van der Waals surface area contributed by atoms with Gasteiger partial charge in [-0.05, 0) is 68.1 Å². The van der Waals surface area contributed by atoms with Crippen molar-refractivity contribution in [2.75, 3.05) is 13.7 Å². The van der Waals surface area contributed by atoms with Gasteiger partial charge in [0.1, 0.15) is 5.75 Å². The van der Waals surface area contributed by atoms with Crippen molar-refractivity contribution in [2.45, 2.75) is 25.3 Å². The first-order valence-corrected chi connectivity index (χ1v) is 9.69. The predicted octanol–water partition coefficient (Wildman–Crippen LogP) is 4.17. The summed E-state index contributed by atoms with van der Waals surface area (Å²) in [6.45, 7) is 3.04. The zero-order chi connectivity index (χ0) is 19.3. The lowest BCUT2D eigenvalue weighted by molar-refractivity contribution is 0.0604. The van der Waals surface area contributed by atoms with Gasteiger partial charge in [0.2, 0.25) is 0 Å². The molecule has 5 nitrogen and oxygen atoms in total. The second-order valence-electron chi connectivity index (χ2n) is 8.08. The van der Waals surface area contributed by atoms with Crippen molar-refractivity contribution >= 4 is 5.91 Å². The van der Waals surface area contributed by atoms with Crippen molar-refractivity contribution in [3.05, 3.63) is 66.4 Å². The molecule has 2 saturated heterocycles. The fourth-order valence-electron chi connectivity index (χ4n) is 4.70. The summed E-state index contributed by atoms with van der Waals surface area (Å²) in [5, 5.41) is 4.72. The standard InChI is InChI=1S/C23H23N3O2/c1-23-13-16(14-23)15-25(23)22(27)20-12-21(17-8-10-19(28-2)11-9-17)26(24-20)18-6-4-3-5-7-18/h3-12,16H,13-15H2,1-2H3. The van der Waals surface area contributed by atoms with Crippen molar-refractivity contribution in [1.82, 2.24) is 14.7 Å². The lowest BCUT2D eigenvalue weighted by atomic mass is 9.75. The summed E-state index contributed by atoms with van der Waals surface area (Å²) in [5.41, 5.74) is 3.34. The van der Waals surface area contributed by atoms with Gasteiger partial charge in [-0.3, -0.25) is 4.79 Å². The third-order valence-electron chi connectivity index (χ3n) is 6.11. The number of hydrogen-bond donors (Lipinski definition) is 0. The van der Waals surface area contributed by atoms with Crippen LogP contribution in [0.2, 0.25) is 0 Å². The second-order valence-corrected chi connectivity index (χ2v) is 8.08. The first-order valence-electron chi connectivity index (χ1n) is 9.69. The summed E-state index contributed by atoms with van der Waals surface area (Å²) < 4.78 is 7.13. The molecule has 3 heterocycles. The number of aromatic nitrogens is 2. The van der Waals surface area contributed by atoms with Crippen LogP contribution in [-0.2, 0) is 0 Å². The van der Waals surface area contributed by atoms with Crippen molar-refractivity contribution < 1.29 is 9.53 Å². The first kappa shape index (κ1) is 17.0. The average Bonchev–Trinajstić information content (AvgIpc) is 3.39. The quantitative estimate of drug-likeness (QED) is 0.689. The highest BCUT2D eigenvalue weighted by molar-refractivity contribution is 5.94. The number of benzene rings is 2. The number of carbonyl (C=O) groups excluding carboxylic acids is 1. The van der Waals surface area contributed by atoms with Crippen molar-refractivity contribution in [3.8, 4) is 22.7 Å². The van der Waals surface area contributed by atoms with E-state index in [1.54, 1.807) is 7.11 Å². The highest BCUT2D eigenvalue weighted by Gasteiger charge is 2.54. The van der Waals surface area contributed by atoms with Gasteiger partial charge in [-0.25, -0.2) is 4.68 Å². The number of carbonyl (C=O) groups is 1. The highest BCUT2D eigenvalue weighted by Crippen LogP contribution is 2.50. The number of nitrogens with zero attached hydrogens (tertiary/aromatic N) is 3. The van der Waals surface area contributed by atoms with E-state index in [9.17, 15) is 4.79 Å². The molecule has 0 N–H and O–H groups in total. The molecule has 0 unspecified atom stereocenters. The normalized spacial score (nSPS) is 22.8. The zero-order valence-electron chi connectivity index (χ0n) is 16.1. The van der Waals surface area contributed by atoms with Gasteiger partial charge in [-0.2, -0.15) is 5.10 Å². The van der Waals surface area contributed by atoms with Crippen LogP contribution < -0.4 is 4.74 Å². The SMILES string of the molecule is COc1ccc(-c2cc(C(=O)N3CC4CC3(C)C4)nn2-c2ccccc2)cc1. The molecular weight excluding hydrogens is 350 g/mol. The molecule has 0 spiro atoms. The largest absolute Gasteiger partial charge is 0.497 e. The maximum Gasteiger partial charge on any atom is 0.274 e. The van der Waals surface area contributed by atoms with E-state index in [0.717, 1.165) is 42.1 Å². The summed E-state index contributed by atoms with van der Waals surface area (Å²) in [4.78, 5) is 15.3. The van der Waals surface area contributed by atoms with Gasteiger partial charge in [0.25, 0.3) is 5.91 Å². The van der Waals surface area contributed by atoms with E-state index in [2.05, 4.69) is 6.92 Å². The lowest BCUT2D eigenvalue weighted by Crippen LogP contribution is -2.45. The van der Waals surface area contributed by atoms with Crippen molar-refractivity contribution in [3.63, 3.8) is 0 Å². The lowest BCUT2D eigenvalue weighted by Gasteiger charge is -2.38. The van der Waals surface area contributed by atoms with E-state index in [-0.39, 0.29) is 11.4 Å². The molecule has 6 rings (SSSR count). The van der Waals surface area contributed by atoms with E-state index in [0.29, 0.717) is 11.6 Å². The third-order valence-corrected chi connectivity index (χ3v) is 6.11. The summed E-state index contributed by atoms with van der Waals surface area (Å²) in [5.74, 6) is 1.49. The summed E-state index contributed by atoms with van der Waals surface area (Å²) in [7, 11) is 1.65. The van der Waals surface area contributed by atoms with Crippen LogP contribution in [0.3, 0.4) is 0 Å². The number of methoxy groups -OCH3 is 1. The fraction of sp³-hybridized carbons (Fsp3) is 0.304. The molecule has 3 fully saturated rings. The molecule has 5 heteroatoms. The van der Waals surface area contributed by atoms with E-state index in [1.807, 2.05) is 70.2 Å². The number of fused-ring (bicyclic) bond motifs is 1. The molecule has 1 saturated carbocycles. The molecular formula is C23H23N3O2. The number of hydrogen-bond acceptors (Lipinski definition) is 3. The number of rotatable bonds is 4. The predicted molar refractivity (Wildman–Crippen MR) is 108 cm³/mol. The minimum atomic E-state index is 0.0125. The molecule has 1 aliphatic carbocycles. The Balaban J connectivity index is 1.58. The molecule has 3 aliphatic rings. The van der Waals surface area contributed by atoms with Crippen molar-refractivity contribution in [1.29, 1.82) is 0 Å². The molecule has 142 valence electrons. The summed E-state index contributed by atoms with van der Waals surface area (Å²) in [6.07, 6.45) is 2.23. The first-order chi connectivity index (χ1) is 13.6. The molecule has 1 aromatic heterocycles. The molecule has 28 heavy (non-hydrogen) atoms. The van der Waals surface area contributed by atoms with Crippen LogP contribution in [0.15, 0.2) is 60.7 Å². The van der Waals surface area contributed by atoms with Crippen LogP contribution in [0.25, 0.3) is 16.9 Å². The summed E-state index contributed by atoms with van der Waals surface area (Å²) in [6, 6.07) is 19.7. The van der Waals surface area contributed by atoms with Gasteiger partial charge in [0.05, 0.1) is 18.5 Å². The van der Waals surface area contributed by atoms with Gasteiger partial charge < -0.3 is 9.64 Å². The molecule has 3 aromatic rings. The Hall–Kier alpha value is -3.08. The fourth-order valence-corrected chi connectivity index (χ4v) is 4.70. The highest BCUT2D eigenvalue weighted by atomic mass is 16.5. The van der Waals surface area contributed by atoms with E-state index in [1.165, 1.54) is 0 Å². The van der Waals surface area contributed by atoms with Crippen LogP contribution >= 0.6 is 0 Å². The van der Waals surface area contributed by atoms with Crippen LogP contribution in [-0.4, -0.2) is 39.8 Å². The monoisotopic (exact) mass is 373 g/mol. The van der Waals surface area contributed by atoms with Crippen molar-refractivity contribution in [2.24, 2.45) is 5.92 Å². The van der Waals surface area contributed by atoms with Crippen LogP contribution in [0.5, 0.6) is 5.75 Å². The summed E-state index contributed by atoms with van der Waals surface area (Å²) >= 11 is 0. The maximum absolute atomic E-state index is 13.2. The molecule has 2 bridgehead atoms. The minimum Gasteiger partial charge on any atom is -0.497 e. The molecule has 2 aliphatic heterocycles. The Labute approximate surface area is 164 Å². The van der Waals surface area contributed by atoms with Gasteiger partial charge in [0, 0.05) is 17.6 Å². The number of para-hydroxylation sites is 1. The Morgan fingerprint density at radius 2 is 1.82 bits per heavy atom. The molecule has 0 atom stereocenters. The third kappa shape index (κ3) is 2.61. The van der Waals surface area contributed by atoms with Gasteiger partial charge in [0.15, 0.2) is 5.69 Å². The Morgan fingerprint density at radius 3 is 2.43 bits per heavy atom. The maximum atomic E-state index is 13.2. The van der Waals surface area contributed by atoms with E-state index < -0.39 is 0 Å². The molecule has 0 radical (unpaired) electrons. The molecule has 2 aromatic carbocycles.